The number of hydrogen-bond donors (Lipinski definition) is 1. The minimum Gasteiger partial charge on any atom is -0.382 e. The Bertz CT molecular complexity index is 727. The third-order valence-electron chi connectivity index (χ3n) is 3.01. The zero-order valence-electron chi connectivity index (χ0n) is 10.5. The van der Waals surface area contributed by atoms with E-state index in [-0.39, 0.29) is 0 Å². The summed E-state index contributed by atoms with van der Waals surface area (Å²) in [7, 11) is 0. The van der Waals surface area contributed by atoms with E-state index in [2.05, 4.69) is 15.0 Å². The van der Waals surface area contributed by atoms with Crippen LogP contribution in [0.3, 0.4) is 0 Å². The molecular weight excluding hydrogens is 238 g/mol. The molecule has 1 aromatic carbocycles. The van der Waals surface area contributed by atoms with E-state index >= 15 is 0 Å². The summed E-state index contributed by atoms with van der Waals surface area (Å²) in [5.74, 6) is 0.644. The molecule has 3 rings (SSSR count). The standard InChI is InChI=1S/C15H13N3O/c1-10-16-7-6-14(18-10)15(19)12-8-11-4-2-3-5-13(11)17-9-12/h2-9,15,19H,1H3. The fourth-order valence-electron chi connectivity index (χ4n) is 2.04. The van der Waals surface area contributed by atoms with Gasteiger partial charge >= 0.3 is 0 Å². The highest BCUT2D eigenvalue weighted by Gasteiger charge is 2.13. The maximum absolute atomic E-state index is 10.3. The molecule has 0 saturated heterocycles. The lowest BCUT2D eigenvalue weighted by Gasteiger charge is -2.11. The van der Waals surface area contributed by atoms with Gasteiger partial charge in [0.25, 0.3) is 0 Å². The molecule has 0 bridgehead atoms. The summed E-state index contributed by atoms with van der Waals surface area (Å²) in [5.41, 5.74) is 2.23. The predicted octanol–water partition coefficient (Wildman–Crippen LogP) is 2.41. The van der Waals surface area contributed by atoms with Crippen LogP contribution in [0.15, 0.2) is 48.8 Å². The summed E-state index contributed by atoms with van der Waals surface area (Å²) >= 11 is 0. The zero-order valence-corrected chi connectivity index (χ0v) is 10.5. The summed E-state index contributed by atoms with van der Waals surface area (Å²) < 4.78 is 0. The van der Waals surface area contributed by atoms with Crippen molar-refractivity contribution in [2.45, 2.75) is 13.0 Å². The molecule has 0 amide bonds. The molecule has 4 nitrogen and oxygen atoms in total. The maximum Gasteiger partial charge on any atom is 0.125 e. The largest absolute Gasteiger partial charge is 0.382 e. The van der Waals surface area contributed by atoms with E-state index in [9.17, 15) is 5.11 Å². The minimum absolute atomic E-state index is 0.588. The molecule has 94 valence electrons. The van der Waals surface area contributed by atoms with Gasteiger partial charge in [-0.3, -0.25) is 4.98 Å². The van der Waals surface area contributed by atoms with Gasteiger partial charge in [-0.2, -0.15) is 0 Å². The van der Waals surface area contributed by atoms with E-state index in [4.69, 9.17) is 0 Å². The van der Waals surface area contributed by atoms with Crippen LogP contribution < -0.4 is 0 Å². The Labute approximate surface area is 110 Å². The van der Waals surface area contributed by atoms with Gasteiger partial charge in [-0.15, -0.1) is 0 Å². The van der Waals surface area contributed by atoms with E-state index in [1.807, 2.05) is 30.3 Å². The first-order chi connectivity index (χ1) is 9.24. The summed E-state index contributed by atoms with van der Waals surface area (Å²) in [6.45, 7) is 1.80. The van der Waals surface area contributed by atoms with Crippen molar-refractivity contribution in [3.05, 3.63) is 65.9 Å². The van der Waals surface area contributed by atoms with Crippen molar-refractivity contribution < 1.29 is 5.11 Å². The van der Waals surface area contributed by atoms with E-state index in [0.29, 0.717) is 11.5 Å². The fourth-order valence-corrected chi connectivity index (χ4v) is 2.04. The first-order valence-electron chi connectivity index (χ1n) is 6.06. The number of aliphatic hydroxyl groups excluding tert-OH is 1. The highest BCUT2D eigenvalue weighted by molar-refractivity contribution is 5.78. The van der Waals surface area contributed by atoms with Crippen molar-refractivity contribution in [2.75, 3.05) is 0 Å². The smallest absolute Gasteiger partial charge is 0.125 e. The van der Waals surface area contributed by atoms with Crippen LogP contribution in [0.25, 0.3) is 10.9 Å². The number of para-hydroxylation sites is 1. The average Bonchev–Trinajstić information content (AvgIpc) is 2.46. The number of benzene rings is 1. The molecule has 0 fully saturated rings. The lowest BCUT2D eigenvalue weighted by Crippen LogP contribution is -2.04. The van der Waals surface area contributed by atoms with Crippen molar-refractivity contribution in [3.63, 3.8) is 0 Å². The quantitative estimate of drug-likeness (QED) is 0.760. The molecule has 3 aromatic rings. The minimum atomic E-state index is -0.779. The van der Waals surface area contributed by atoms with Gasteiger partial charge < -0.3 is 5.11 Å². The first-order valence-corrected chi connectivity index (χ1v) is 6.06. The molecule has 19 heavy (non-hydrogen) atoms. The van der Waals surface area contributed by atoms with Crippen LogP contribution in [0.2, 0.25) is 0 Å². The molecule has 1 atom stereocenters. The van der Waals surface area contributed by atoms with Crippen molar-refractivity contribution in [1.29, 1.82) is 0 Å². The SMILES string of the molecule is Cc1nccc(C(O)c2cnc3ccccc3c2)n1. The lowest BCUT2D eigenvalue weighted by molar-refractivity contribution is 0.214. The maximum atomic E-state index is 10.3. The van der Waals surface area contributed by atoms with Crippen LogP contribution in [0.5, 0.6) is 0 Å². The number of pyridine rings is 1. The van der Waals surface area contributed by atoms with E-state index in [0.717, 1.165) is 16.5 Å². The van der Waals surface area contributed by atoms with Crippen molar-refractivity contribution in [2.24, 2.45) is 0 Å². The normalized spacial score (nSPS) is 12.5. The predicted molar refractivity (Wildman–Crippen MR) is 72.6 cm³/mol. The molecule has 1 N–H and O–H groups in total. The third-order valence-corrected chi connectivity index (χ3v) is 3.01. The van der Waals surface area contributed by atoms with Crippen LogP contribution in [0, 0.1) is 6.92 Å². The summed E-state index contributed by atoms with van der Waals surface area (Å²) in [5, 5.41) is 11.3. The zero-order chi connectivity index (χ0) is 13.2. The van der Waals surface area contributed by atoms with Gasteiger partial charge in [0.05, 0.1) is 11.2 Å². The van der Waals surface area contributed by atoms with Crippen LogP contribution in [-0.2, 0) is 0 Å². The van der Waals surface area contributed by atoms with Crippen molar-refractivity contribution in [1.82, 2.24) is 15.0 Å². The van der Waals surface area contributed by atoms with Crippen molar-refractivity contribution >= 4 is 10.9 Å². The van der Waals surface area contributed by atoms with Crippen molar-refractivity contribution in [3.8, 4) is 0 Å². The Kier molecular flexibility index (Phi) is 2.93. The Morgan fingerprint density at radius 1 is 1.11 bits per heavy atom. The molecule has 0 aliphatic rings. The molecule has 0 aliphatic heterocycles. The Morgan fingerprint density at radius 3 is 2.79 bits per heavy atom. The number of hydrogen-bond acceptors (Lipinski definition) is 4. The highest BCUT2D eigenvalue weighted by atomic mass is 16.3. The Balaban J connectivity index is 2.04. The first kappa shape index (κ1) is 11.7. The van der Waals surface area contributed by atoms with E-state index < -0.39 is 6.10 Å². The van der Waals surface area contributed by atoms with Crippen LogP contribution in [0.1, 0.15) is 23.2 Å². The number of aromatic nitrogens is 3. The van der Waals surface area contributed by atoms with Gasteiger partial charge in [-0.05, 0) is 25.1 Å². The molecule has 0 radical (unpaired) electrons. The van der Waals surface area contributed by atoms with E-state index in [1.54, 1.807) is 25.4 Å². The lowest BCUT2D eigenvalue weighted by atomic mass is 10.1. The number of rotatable bonds is 2. The molecule has 0 saturated carbocycles. The monoisotopic (exact) mass is 251 g/mol. The van der Waals surface area contributed by atoms with E-state index in [1.165, 1.54) is 0 Å². The topological polar surface area (TPSA) is 58.9 Å². The van der Waals surface area contributed by atoms with Gasteiger partial charge in [-0.25, -0.2) is 9.97 Å². The summed E-state index contributed by atoms with van der Waals surface area (Å²) in [6.07, 6.45) is 2.55. The Hall–Kier alpha value is -2.33. The number of fused-ring (bicyclic) bond motifs is 1. The highest BCUT2D eigenvalue weighted by Crippen LogP contribution is 2.22. The fraction of sp³-hybridized carbons (Fsp3) is 0.133. The molecule has 2 aromatic heterocycles. The number of aliphatic hydroxyl groups is 1. The van der Waals surface area contributed by atoms with Gasteiger partial charge in [0.1, 0.15) is 11.9 Å². The van der Waals surface area contributed by atoms with Crippen LogP contribution in [-0.4, -0.2) is 20.1 Å². The summed E-state index contributed by atoms with van der Waals surface area (Å²) in [6, 6.07) is 11.5. The third kappa shape index (κ3) is 2.30. The van der Waals surface area contributed by atoms with Gasteiger partial charge in [0, 0.05) is 23.3 Å². The van der Waals surface area contributed by atoms with Crippen LogP contribution >= 0.6 is 0 Å². The number of nitrogens with zero attached hydrogens (tertiary/aromatic N) is 3. The molecule has 0 spiro atoms. The van der Waals surface area contributed by atoms with Gasteiger partial charge in [0.2, 0.25) is 0 Å². The van der Waals surface area contributed by atoms with Gasteiger partial charge in [0.15, 0.2) is 0 Å². The molecular formula is C15H13N3O. The second-order valence-electron chi connectivity index (χ2n) is 4.39. The Morgan fingerprint density at radius 2 is 1.95 bits per heavy atom. The number of aryl methyl sites for hydroxylation is 1. The molecule has 0 aliphatic carbocycles. The summed E-state index contributed by atoms with van der Waals surface area (Å²) in [4.78, 5) is 12.6. The average molecular weight is 251 g/mol. The second-order valence-corrected chi connectivity index (χ2v) is 4.39. The second kappa shape index (κ2) is 4.74. The van der Waals surface area contributed by atoms with Crippen LogP contribution in [0.4, 0.5) is 0 Å². The molecule has 2 heterocycles. The van der Waals surface area contributed by atoms with Gasteiger partial charge in [-0.1, -0.05) is 18.2 Å². The molecule has 1 unspecified atom stereocenters. The molecule has 4 heteroatoms.